The topological polar surface area (TPSA) is 175 Å². The molecule has 0 aromatic carbocycles. The van der Waals surface area contributed by atoms with Crippen molar-refractivity contribution in [1.82, 2.24) is 4.98 Å². The minimum absolute atomic E-state index is 0.225. The summed E-state index contributed by atoms with van der Waals surface area (Å²) in [5, 5.41) is 4.67. The first kappa shape index (κ1) is 13.1. The first-order valence-electron chi connectivity index (χ1n) is 4.03. The fourth-order valence-electron chi connectivity index (χ4n) is 0.907. The van der Waals surface area contributed by atoms with Gasteiger partial charge in [-0.15, -0.1) is 0 Å². The van der Waals surface area contributed by atoms with Crippen molar-refractivity contribution in [3.63, 3.8) is 0 Å². The predicted molar refractivity (Wildman–Crippen MR) is 63.4 cm³/mol. The lowest BCUT2D eigenvalue weighted by Gasteiger charge is -2.12. The fourth-order valence-corrected chi connectivity index (χ4v) is 1.93. The third-order valence-corrected chi connectivity index (χ3v) is 2.54. The molecule has 90 valence electrons. The van der Waals surface area contributed by atoms with Gasteiger partial charge in [0.1, 0.15) is 5.82 Å². The molecule has 1 rings (SSSR count). The van der Waals surface area contributed by atoms with Crippen molar-refractivity contribution in [2.24, 2.45) is 22.0 Å². The smallest absolute Gasteiger partial charge is 0.299 e. The highest BCUT2D eigenvalue weighted by molar-refractivity contribution is 7.60. The van der Waals surface area contributed by atoms with E-state index in [0.717, 1.165) is 0 Å². The number of pyridine rings is 1. The molecule has 1 aromatic rings. The third kappa shape index (κ3) is 5.22. The zero-order chi connectivity index (χ0) is 12.4. The molecule has 0 spiro atoms. The van der Waals surface area contributed by atoms with Gasteiger partial charge in [-0.2, -0.15) is 0 Å². The van der Waals surface area contributed by atoms with Gasteiger partial charge in [-0.25, -0.2) is 4.98 Å². The number of rotatable bonds is 4. The molecule has 0 aliphatic heterocycles. The second-order valence-electron chi connectivity index (χ2n) is 3.07. The van der Waals surface area contributed by atoms with Gasteiger partial charge in [-0.1, -0.05) is 0 Å². The van der Waals surface area contributed by atoms with Crippen molar-refractivity contribution >= 4 is 26.7 Å². The van der Waals surface area contributed by atoms with Gasteiger partial charge in [-0.05, 0) is 12.1 Å². The lowest BCUT2D eigenvalue weighted by molar-refractivity contribution is 0.579. The normalized spacial score (nSPS) is 12.2. The molecule has 0 aliphatic carbocycles. The average Bonchev–Trinajstić information content (AvgIpc) is 2.03. The molecule has 0 fully saturated rings. The Labute approximate surface area is 92.0 Å². The Morgan fingerprint density at radius 1 is 1.00 bits per heavy atom. The van der Waals surface area contributed by atoms with E-state index in [2.05, 4.69) is 15.2 Å². The van der Waals surface area contributed by atoms with Gasteiger partial charge in [0.05, 0.1) is 11.9 Å². The monoisotopic (exact) mass is 265 g/mol. The summed E-state index contributed by atoms with van der Waals surface area (Å²) < 4.78 is 22.0. The number of nitrogens with zero attached hydrogens (tertiary/aromatic N) is 1. The quantitative estimate of drug-likeness (QED) is 0.407. The second kappa shape index (κ2) is 4.50. The van der Waals surface area contributed by atoms with Gasteiger partial charge in [0.15, 0.2) is 0 Å². The summed E-state index contributed by atoms with van der Waals surface area (Å²) >= 11 is 0. The second-order valence-corrected chi connectivity index (χ2v) is 6.36. The lowest BCUT2D eigenvalue weighted by Crippen LogP contribution is -2.15. The summed E-state index contributed by atoms with van der Waals surface area (Å²) in [6, 6.07) is 2.92. The molecule has 1 heterocycles. The van der Waals surface area contributed by atoms with E-state index in [0.29, 0.717) is 5.69 Å². The van der Waals surface area contributed by atoms with E-state index in [1.54, 1.807) is 0 Å². The molecule has 0 amide bonds. The Hall–Kier alpha value is -0.950. The minimum atomic E-state index is -3.38. The van der Waals surface area contributed by atoms with Crippen LogP contribution in [0.2, 0.25) is 0 Å². The van der Waals surface area contributed by atoms with Crippen molar-refractivity contribution in [3.05, 3.63) is 18.3 Å². The first-order valence-corrected chi connectivity index (χ1v) is 7.72. The molecule has 11 heteroatoms. The number of hydrogen-bond donors (Lipinski definition) is 6. The molecular formula is C5H13N7O2P2. The number of nitrogens with two attached hydrogens (primary N) is 4. The molecule has 0 saturated heterocycles. The minimum Gasteiger partial charge on any atom is -0.312 e. The molecule has 0 aliphatic rings. The van der Waals surface area contributed by atoms with E-state index in [-0.39, 0.29) is 5.82 Å². The van der Waals surface area contributed by atoms with Gasteiger partial charge < -0.3 is 5.09 Å². The molecular weight excluding hydrogens is 252 g/mol. The number of hydrogen-bond acceptors (Lipinski definition) is 3. The van der Waals surface area contributed by atoms with Gasteiger partial charge in [0.25, 0.3) is 15.2 Å². The summed E-state index contributed by atoms with van der Waals surface area (Å²) in [5.74, 6) is 0.225. The van der Waals surface area contributed by atoms with Crippen molar-refractivity contribution in [2.45, 2.75) is 0 Å². The number of nitrogens with one attached hydrogen (secondary N) is 2. The van der Waals surface area contributed by atoms with Crippen molar-refractivity contribution in [1.29, 1.82) is 0 Å². The van der Waals surface area contributed by atoms with Crippen LogP contribution in [0.4, 0.5) is 11.5 Å². The van der Waals surface area contributed by atoms with Gasteiger partial charge in [0, 0.05) is 0 Å². The highest BCUT2D eigenvalue weighted by atomic mass is 31.2. The van der Waals surface area contributed by atoms with Crippen LogP contribution in [0, 0.1) is 0 Å². The van der Waals surface area contributed by atoms with Gasteiger partial charge in [-0.3, -0.25) is 36.2 Å². The van der Waals surface area contributed by atoms with Crippen LogP contribution in [0.5, 0.6) is 0 Å². The molecule has 10 N–H and O–H groups in total. The van der Waals surface area contributed by atoms with Crippen LogP contribution in [0.1, 0.15) is 0 Å². The average molecular weight is 265 g/mol. The lowest BCUT2D eigenvalue weighted by atomic mass is 10.4. The molecule has 1 aromatic heterocycles. The van der Waals surface area contributed by atoms with Crippen LogP contribution in [0.15, 0.2) is 18.3 Å². The predicted octanol–water partition coefficient (Wildman–Crippen LogP) is -0.0436. The molecule has 0 radical (unpaired) electrons. The van der Waals surface area contributed by atoms with Crippen LogP contribution in [0.3, 0.4) is 0 Å². The summed E-state index contributed by atoms with van der Waals surface area (Å²) in [7, 11) is -6.74. The number of aromatic nitrogens is 1. The van der Waals surface area contributed by atoms with Crippen LogP contribution < -0.4 is 32.2 Å². The maximum absolute atomic E-state index is 11.0. The van der Waals surface area contributed by atoms with Crippen molar-refractivity contribution < 1.29 is 9.13 Å². The van der Waals surface area contributed by atoms with E-state index in [4.69, 9.17) is 22.0 Å². The van der Waals surface area contributed by atoms with Crippen molar-refractivity contribution in [2.75, 3.05) is 10.2 Å². The molecule has 0 bridgehead atoms. The standard InChI is InChI=1S/C5H13N7O2P2/c6-15(7,13)11-4-1-2-5(10-3-4)12-16(8,9)14/h1-3H,(H5,6,7,11,13)(H5,8,9,10,12,14). The Morgan fingerprint density at radius 3 is 1.94 bits per heavy atom. The van der Waals surface area contributed by atoms with Crippen LogP contribution in [0.25, 0.3) is 0 Å². The summed E-state index contributed by atoms with van der Waals surface area (Å²) in [6.45, 7) is 0. The zero-order valence-corrected chi connectivity index (χ0v) is 9.99. The van der Waals surface area contributed by atoms with Crippen LogP contribution >= 0.6 is 15.2 Å². The van der Waals surface area contributed by atoms with Gasteiger partial charge >= 0.3 is 0 Å². The maximum Gasteiger partial charge on any atom is 0.299 e. The first-order chi connectivity index (χ1) is 7.16. The van der Waals surface area contributed by atoms with E-state index in [1.807, 2.05) is 0 Å². The number of anilines is 2. The van der Waals surface area contributed by atoms with E-state index >= 15 is 0 Å². The van der Waals surface area contributed by atoms with Crippen LogP contribution in [-0.4, -0.2) is 4.98 Å². The summed E-state index contributed by atoms with van der Waals surface area (Å²) in [4.78, 5) is 3.81. The Balaban J connectivity index is 2.76. The van der Waals surface area contributed by atoms with Crippen LogP contribution in [-0.2, 0) is 9.13 Å². The highest BCUT2D eigenvalue weighted by Crippen LogP contribution is 2.29. The SMILES string of the molecule is NP(N)(=O)Nc1ccc(NP(N)(N)=O)nc1. The Morgan fingerprint density at radius 2 is 1.56 bits per heavy atom. The molecule has 0 saturated carbocycles. The van der Waals surface area contributed by atoms with Gasteiger partial charge in [0.2, 0.25) is 0 Å². The molecule has 0 atom stereocenters. The Bertz CT molecular complexity index is 405. The molecule has 16 heavy (non-hydrogen) atoms. The third-order valence-electron chi connectivity index (χ3n) is 1.36. The Kier molecular flexibility index (Phi) is 3.69. The van der Waals surface area contributed by atoms with Crippen molar-refractivity contribution in [3.8, 4) is 0 Å². The largest absolute Gasteiger partial charge is 0.312 e. The van der Waals surface area contributed by atoms with E-state index < -0.39 is 15.2 Å². The fraction of sp³-hybridized carbons (Fsp3) is 0. The summed E-state index contributed by atoms with van der Waals surface area (Å²) in [6.07, 6.45) is 1.30. The zero-order valence-electron chi connectivity index (χ0n) is 8.20. The maximum atomic E-state index is 11.0. The summed E-state index contributed by atoms with van der Waals surface area (Å²) in [5.41, 5.74) is 20.7. The van der Waals surface area contributed by atoms with E-state index in [9.17, 15) is 9.13 Å². The van der Waals surface area contributed by atoms with E-state index in [1.165, 1.54) is 18.3 Å². The highest BCUT2D eigenvalue weighted by Gasteiger charge is 2.10. The molecule has 0 unspecified atom stereocenters. The molecule has 9 nitrogen and oxygen atoms in total.